The Kier molecular flexibility index (Phi) is 4.13. The molecule has 0 radical (unpaired) electrons. The molecule has 2 atom stereocenters. The van der Waals surface area contributed by atoms with Gasteiger partial charge in [0.25, 0.3) is 0 Å². The highest BCUT2D eigenvalue weighted by atomic mass is 32.2. The molecule has 3 nitrogen and oxygen atoms in total. The van der Waals surface area contributed by atoms with Crippen molar-refractivity contribution in [3.63, 3.8) is 0 Å². The van der Waals surface area contributed by atoms with E-state index in [1.54, 1.807) is 6.20 Å². The van der Waals surface area contributed by atoms with Crippen LogP contribution in [0.3, 0.4) is 0 Å². The second kappa shape index (κ2) is 5.49. The Hall–Kier alpha value is -1.10. The molecule has 19 heavy (non-hydrogen) atoms. The van der Waals surface area contributed by atoms with Crippen LogP contribution in [0.2, 0.25) is 0 Å². The topological polar surface area (TPSA) is 48.0 Å². The predicted octanol–water partition coefficient (Wildman–Crippen LogP) is 3.35. The van der Waals surface area contributed by atoms with Gasteiger partial charge in [-0.15, -0.1) is 4.72 Å². The number of nitrogens with one attached hydrogen (secondary N) is 1. The minimum atomic E-state index is -1.09. The van der Waals surface area contributed by atoms with Crippen molar-refractivity contribution in [2.24, 2.45) is 0 Å². The van der Waals surface area contributed by atoms with E-state index in [0.29, 0.717) is 0 Å². The summed E-state index contributed by atoms with van der Waals surface area (Å²) >= 11 is -1.09. The molecule has 102 valence electrons. The molecule has 4 heteroatoms. The molecule has 2 rings (SSSR count). The van der Waals surface area contributed by atoms with Crippen LogP contribution in [0.4, 0.5) is 0 Å². The lowest BCUT2D eigenvalue weighted by Gasteiger charge is -2.26. The molecule has 0 saturated heterocycles. The largest absolute Gasteiger partial charge is 0.598 e. The number of rotatable bonds is 3. The molecule has 1 heterocycles. The van der Waals surface area contributed by atoms with Crippen LogP contribution in [0.1, 0.15) is 39.3 Å². The maximum absolute atomic E-state index is 12.2. The second-order valence-corrected chi connectivity index (χ2v) is 7.64. The molecule has 0 spiro atoms. The van der Waals surface area contributed by atoms with Gasteiger partial charge in [0.05, 0.1) is 11.6 Å². The number of nitrogens with zero attached hydrogens (tertiary/aromatic N) is 1. The van der Waals surface area contributed by atoms with Gasteiger partial charge >= 0.3 is 0 Å². The first-order valence-electron chi connectivity index (χ1n) is 6.41. The summed E-state index contributed by atoms with van der Waals surface area (Å²) in [6, 6.07) is 10.1. The monoisotopic (exact) mass is 276 g/mol. The Morgan fingerprint density at radius 3 is 2.58 bits per heavy atom. The Labute approximate surface area is 117 Å². The summed E-state index contributed by atoms with van der Waals surface area (Å²) in [5.74, 6) is 0. The van der Waals surface area contributed by atoms with Gasteiger partial charge in [0.2, 0.25) is 0 Å². The summed E-state index contributed by atoms with van der Waals surface area (Å²) in [6.07, 6.45) is 1.79. The van der Waals surface area contributed by atoms with Crippen LogP contribution in [-0.4, -0.2) is 14.3 Å². The summed E-state index contributed by atoms with van der Waals surface area (Å²) < 4.78 is 15.1. The summed E-state index contributed by atoms with van der Waals surface area (Å²) in [6.45, 7) is 7.91. The van der Waals surface area contributed by atoms with Gasteiger partial charge < -0.3 is 4.55 Å². The fourth-order valence-electron chi connectivity index (χ4n) is 1.88. The lowest BCUT2D eigenvalue weighted by molar-refractivity contribution is 0.531. The Bertz CT molecular complexity index is 560. The molecule has 1 N–H and O–H groups in total. The summed E-state index contributed by atoms with van der Waals surface area (Å²) in [7, 11) is 0. The van der Waals surface area contributed by atoms with Crippen LogP contribution >= 0.6 is 0 Å². The molecule has 2 unspecified atom stereocenters. The van der Waals surface area contributed by atoms with E-state index in [9.17, 15) is 4.55 Å². The zero-order chi connectivity index (χ0) is 14.0. The van der Waals surface area contributed by atoms with Gasteiger partial charge in [-0.2, -0.15) is 0 Å². The van der Waals surface area contributed by atoms with Gasteiger partial charge in [0.1, 0.15) is 4.75 Å². The van der Waals surface area contributed by atoms with Gasteiger partial charge in [-0.3, -0.25) is 4.98 Å². The minimum absolute atomic E-state index is 0.00124. The molecule has 0 fully saturated rings. The van der Waals surface area contributed by atoms with Crippen LogP contribution in [0.5, 0.6) is 0 Å². The third-order valence-electron chi connectivity index (χ3n) is 2.97. The van der Waals surface area contributed by atoms with E-state index >= 15 is 0 Å². The van der Waals surface area contributed by atoms with Gasteiger partial charge in [-0.05, 0) is 39.3 Å². The van der Waals surface area contributed by atoms with Crippen molar-refractivity contribution in [1.82, 2.24) is 9.71 Å². The fraction of sp³-hybridized carbons (Fsp3) is 0.400. The summed E-state index contributed by atoms with van der Waals surface area (Å²) in [4.78, 5) is 4.43. The normalized spacial score (nSPS) is 15.4. The van der Waals surface area contributed by atoms with Crippen molar-refractivity contribution in [1.29, 1.82) is 0 Å². The highest BCUT2D eigenvalue weighted by Gasteiger charge is 2.28. The van der Waals surface area contributed by atoms with Crippen LogP contribution in [0, 0.1) is 0 Å². The van der Waals surface area contributed by atoms with E-state index in [-0.39, 0.29) is 10.8 Å². The first kappa shape index (κ1) is 14.3. The van der Waals surface area contributed by atoms with Gasteiger partial charge in [0, 0.05) is 22.9 Å². The average molecular weight is 276 g/mol. The molecule has 0 amide bonds. The van der Waals surface area contributed by atoms with Crippen LogP contribution in [0.25, 0.3) is 10.9 Å². The number of para-hydroxylation sites is 1. The second-order valence-electron chi connectivity index (χ2n) is 5.64. The van der Waals surface area contributed by atoms with Crippen molar-refractivity contribution in [2.75, 3.05) is 0 Å². The smallest absolute Gasteiger partial charge is 0.136 e. The highest BCUT2D eigenvalue weighted by Crippen LogP contribution is 2.24. The zero-order valence-electron chi connectivity index (χ0n) is 11.8. The van der Waals surface area contributed by atoms with Crippen LogP contribution in [0.15, 0.2) is 36.5 Å². The molecule has 0 bridgehead atoms. The van der Waals surface area contributed by atoms with Crippen molar-refractivity contribution in [3.05, 3.63) is 42.1 Å². The SMILES string of the molecule is CC(N[S+]([O-])C(C)(C)C)c1cccc2cccnc12. The van der Waals surface area contributed by atoms with E-state index in [0.717, 1.165) is 16.5 Å². The Balaban J connectivity index is 2.29. The van der Waals surface area contributed by atoms with Crippen molar-refractivity contribution >= 4 is 22.3 Å². The molecule has 0 aliphatic carbocycles. The van der Waals surface area contributed by atoms with E-state index in [2.05, 4.69) is 9.71 Å². The van der Waals surface area contributed by atoms with E-state index < -0.39 is 11.4 Å². The first-order valence-corrected chi connectivity index (χ1v) is 7.56. The highest BCUT2D eigenvalue weighted by molar-refractivity contribution is 7.90. The lowest BCUT2D eigenvalue weighted by atomic mass is 10.1. The maximum atomic E-state index is 12.2. The number of fused-ring (bicyclic) bond motifs is 1. The molecule has 0 saturated carbocycles. The number of hydrogen-bond acceptors (Lipinski definition) is 3. The number of hydrogen-bond donors (Lipinski definition) is 1. The third kappa shape index (κ3) is 3.26. The van der Waals surface area contributed by atoms with Crippen LogP contribution in [-0.2, 0) is 11.4 Å². The van der Waals surface area contributed by atoms with Crippen molar-refractivity contribution in [3.8, 4) is 0 Å². The minimum Gasteiger partial charge on any atom is -0.598 e. The van der Waals surface area contributed by atoms with E-state index in [1.807, 2.05) is 58.0 Å². The average Bonchev–Trinajstić information content (AvgIpc) is 2.36. The molecule has 0 aliphatic heterocycles. The molecule has 1 aromatic heterocycles. The summed E-state index contributed by atoms with van der Waals surface area (Å²) in [5.41, 5.74) is 2.05. The van der Waals surface area contributed by atoms with Gasteiger partial charge in [0.15, 0.2) is 0 Å². The quantitative estimate of drug-likeness (QED) is 0.875. The number of aromatic nitrogens is 1. The van der Waals surface area contributed by atoms with Crippen LogP contribution < -0.4 is 4.72 Å². The van der Waals surface area contributed by atoms with Gasteiger partial charge in [-0.25, -0.2) is 0 Å². The zero-order valence-corrected chi connectivity index (χ0v) is 12.6. The Morgan fingerprint density at radius 1 is 1.21 bits per heavy atom. The van der Waals surface area contributed by atoms with E-state index in [4.69, 9.17) is 0 Å². The Morgan fingerprint density at radius 2 is 1.89 bits per heavy atom. The third-order valence-corrected chi connectivity index (χ3v) is 4.65. The van der Waals surface area contributed by atoms with Crippen molar-refractivity contribution in [2.45, 2.75) is 38.5 Å². The predicted molar refractivity (Wildman–Crippen MR) is 81.2 cm³/mol. The first-order chi connectivity index (χ1) is 8.89. The lowest BCUT2D eigenvalue weighted by Crippen LogP contribution is -2.40. The van der Waals surface area contributed by atoms with Gasteiger partial charge in [-0.1, -0.05) is 24.3 Å². The van der Waals surface area contributed by atoms with E-state index in [1.165, 1.54) is 0 Å². The molecule has 0 aliphatic rings. The molecular weight excluding hydrogens is 256 g/mol. The number of benzene rings is 1. The fourth-order valence-corrected chi connectivity index (χ4v) is 2.68. The summed E-state index contributed by atoms with van der Waals surface area (Å²) in [5, 5.41) is 1.11. The maximum Gasteiger partial charge on any atom is 0.136 e. The van der Waals surface area contributed by atoms with Crippen molar-refractivity contribution < 1.29 is 4.55 Å². The standard InChI is InChI=1S/C15H20N2OS/c1-11(17-19(18)15(2,3)4)13-9-5-7-12-8-6-10-16-14(12)13/h5-11,17H,1-4H3. The molecule has 2 aromatic rings. The number of pyridine rings is 1. The molecular formula is C15H20N2OS. The molecule has 1 aromatic carbocycles.